The van der Waals surface area contributed by atoms with Gasteiger partial charge in [-0.3, -0.25) is 4.79 Å². The summed E-state index contributed by atoms with van der Waals surface area (Å²) in [6, 6.07) is 14.8. The van der Waals surface area contributed by atoms with Gasteiger partial charge >= 0.3 is 0 Å². The molecule has 0 atom stereocenters. The first-order valence-corrected chi connectivity index (χ1v) is 8.11. The number of nitrogens with zero attached hydrogens (tertiary/aromatic N) is 1. The Bertz CT molecular complexity index is 944. The minimum Gasteiger partial charge on any atom is -0.497 e. The maximum atomic E-state index is 12.8. The molecule has 0 N–H and O–H groups in total. The molecule has 128 valence electrons. The molecule has 1 aromatic heterocycles. The topological polar surface area (TPSA) is 40.5 Å². The molecule has 4 nitrogen and oxygen atoms in total. The predicted octanol–water partition coefficient (Wildman–Crippen LogP) is 4.39. The van der Waals surface area contributed by atoms with Crippen molar-refractivity contribution in [3.63, 3.8) is 0 Å². The maximum absolute atomic E-state index is 12.8. The monoisotopic (exact) mass is 355 g/mol. The number of rotatable bonds is 4. The molecule has 1 heterocycles. The molecule has 0 aliphatic rings. The SMILES string of the molecule is COc1ccc(-c2c(OC)c(-c3ccc(Cl)cc3)cn(C)c2=O)cc1. The summed E-state index contributed by atoms with van der Waals surface area (Å²) in [5.74, 6) is 1.27. The summed E-state index contributed by atoms with van der Waals surface area (Å²) in [6.07, 6.45) is 1.78. The average molecular weight is 356 g/mol. The van der Waals surface area contributed by atoms with Gasteiger partial charge in [-0.2, -0.15) is 0 Å². The highest BCUT2D eigenvalue weighted by Gasteiger charge is 2.18. The number of hydrogen-bond donors (Lipinski definition) is 0. The first-order chi connectivity index (χ1) is 12.0. The minimum atomic E-state index is -0.125. The van der Waals surface area contributed by atoms with Gasteiger partial charge in [0.15, 0.2) is 0 Å². The zero-order chi connectivity index (χ0) is 18.0. The van der Waals surface area contributed by atoms with Crippen molar-refractivity contribution in [2.45, 2.75) is 0 Å². The van der Waals surface area contributed by atoms with Crippen LogP contribution in [0.5, 0.6) is 11.5 Å². The van der Waals surface area contributed by atoms with Crippen molar-refractivity contribution < 1.29 is 9.47 Å². The molecule has 5 heteroatoms. The zero-order valence-electron chi connectivity index (χ0n) is 14.2. The van der Waals surface area contributed by atoms with Crippen molar-refractivity contribution in [2.75, 3.05) is 14.2 Å². The lowest BCUT2D eigenvalue weighted by molar-refractivity contribution is 0.414. The number of pyridine rings is 1. The van der Waals surface area contributed by atoms with Crippen molar-refractivity contribution in [3.05, 3.63) is 70.1 Å². The lowest BCUT2D eigenvalue weighted by Crippen LogP contribution is -2.19. The Balaban J connectivity index is 2.26. The van der Waals surface area contributed by atoms with Crippen LogP contribution >= 0.6 is 11.6 Å². The molecule has 2 aromatic carbocycles. The Hall–Kier alpha value is -2.72. The summed E-state index contributed by atoms with van der Waals surface area (Å²) in [6.45, 7) is 0. The molecule has 0 saturated carbocycles. The fourth-order valence-corrected chi connectivity index (χ4v) is 2.90. The van der Waals surface area contributed by atoms with E-state index in [2.05, 4.69) is 0 Å². The Labute approximate surface area is 151 Å². The molecule has 0 saturated heterocycles. The van der Waals surface area contributed by atoms with Crippen LogP contribution < -0.4 is 15.0 Å². The number of ether oxygens (including phenoxy) is 2. The van der Waals surface area contributed by atoms with Gasteiger partial charge in [-0.25, -0.2) is 0 Å². The molecule has 0 spiro atoms. The maximum Gasteiger partial charge on any atom is 0.261 e. The third kappa shape index (κ3) is 3.26. The van der Waals surface area contributed by atoms with Crippen LogP contribution in [0.4, 0.5) is 0 Å². The number of hydrogen-bond acceptors (Lipinski definition) is 3. The summed E-state index contributed by atoms with van der Waals surface area (Å²) in [5.41, 5.74) is 2.91. The summed E-state index contributed by atoms with van der Waals surface area (Å²) in [5, 5.41) is 0.655. The molecule has 0 amide bonds. The quantitative estimate of drug-likeness (QED) is 0.697. The molecule has 0 aliphatic carbocycles. The van der Waals surface area contributed by atoms with Gasteiger partial charge in [0, 0.05) is 23.8 Å². The van der Waals surface area contributed by atoms with Gasteiger partial charge in [0.05, 0.1) is 19.8 Å². The smallest absolute Gasteiger partial charge is 0.261 e. The van der Waals surface area contributed by atoms with E-state index in [1.807, 2.05) is 48.5 Å². The molecule has 0 radical (unpaired) electrons. The van der Waals surface area contributed by atoms with Crippen LogP contribution in [0.3, 0.4) is 0 Å². The second kappa shape index (κ2) is 7.03. The lowest BCUT2D eigenvalue weighted by atomic mass is 9.99. The van der Waals surface area contributed by atoms with E-state index in [1.54, 1.807) is 32.0 Å². The van der Waals surface area contributed by atoms with Gasteiger partial charge in [0.1, 0.15) is 11.5 Å². The van der Waals surface area contributed by atoms with Crippen LogP contribution in [-0.4, -0.2) is 18.8 Å². The normalized spacial score (nSPS) is 10.6. The molecule has 0 fully saturated rings. The molecular formula is C20H18ClNO3. The highest BCUT2D eigenvalue weighted by Crippen LogP contribution is 2.37. The fourth-order valence-electron chi connectivity index (χ4n) is 2.78. The number of halogens is 1. The van der Waals surface area contributed by atoms with Crippen molar-refractivity contribution in [1.29, 1.82) is 0 Å². The second-order valence-electron chi connectivity index (χ2n) is 5.60. The van der Waals surface area contributed by atoms with Crippen molar-refractivity contribution in [1.82, 2.24) is 4.57 Å². The predicted molar refractivity (Wildman–Crippen MR) is 101 cm³/mol. The average Bonchev–Trinajstić information content (AvgIpc) is 2.64. The summed E-state index contributed by atoms with van der Waals surface area (Å²) in [4.78, 5) is 12.8. The Morgan fingerprint density at radius 3 is 2.04 bits per heavy atom. The Morgan fingerprint density at radius 1 is 0.880 bits per heavy atom. The van der Waals surface area contributed by atoms with Crippen LogP contribution in [0.2, 0.25) is 5.02 Å². The highest BCUT2D eigenvalue weighted by molar-refractivity contribution is 6.30. The van der Waals surface area contributed by atoms with Crippen LogP contribution in [0.25, 0.3) is 22.3 Å². The third-order valence-corrected chi connectivity index (χ3v) is 4.32. The standard InChI is InChI=1S/C20H18ClNO3/c1-22-12-17(13-4-8-15(21)9-5-13)19(25-3)18(20(22)23)14-6-10-16(24-2)11-7-14/h4-12H,1-3H3. The van der Waals surface area contributed by atoms with Crippen molar-refractivity contribution in [2.24, 2.45) is 7.05 Å². The first-order valence-electron chi connectivity index (χ1n) is 7.73. The van der Waals surface area contributed by atoms with Gasteiger partial charge in [0.2, 0.25) is 0 Å². The number of aryl methyl sites for hydroxylation is 1. The van der Waals surface area contributed by atoms with E-state index in [-0.39, 0.29) is 5.56 Å². The van der Waals surface area contributed by atoms with Crippen LogP contribution in [0.1, 0.15) is 0 Å². The summed E-state index contributed by atoms with van der Waals surface area (Å²) < 4.78 is 12.4. The lowest BCUT2D eigenvalue weighted by Gasteiger charge is -2.16. The summed E-state index contributed by atoms with van der Waals surface area (Å²) in [7, 11) is 4.91. The molecule has 3 aromatic rings. The minimum absolute atomic E-state index is 0.125. The number of benzene rings is 2. The fraction of sp³-hybridized carbons (Fsp3) is 0.150. The number of aromatic nitrogens is 1. The van der Waals surface area contributed by atoms with E-state index in [4.69, 9.17) is 21.1 Å². The second-order valence-corrected chi connectivity index (χ2v) is 6.04. The number of methoxy groups -OCH3 is 2. The molecule has 0 unspecified atom stereocenters. The first kappa shape index (κ1) is 17.1. The Kier molecular flexibility index (Phi) is 4.81. The molecule has 0 aliphatic heterocycles. The van der Waals surface area contributed by atoms with Crippen LogP contribution in [0.15, 0.2) is 59.5 Å². The van der Waals surface area contributed by atoms with Gasteiger partial charge < -0.3 is 14.0 Å². The van der Waals surface area contributed by atoms with Gasteiger partial charge in [0.25, 0.3) is 5.56 Å². The van der Waals surface area contributed by atoms with E-state index in [9.17, 15) is 4.79 Å². The van der Waals surface area contributed by atoms with E-state index in [0.29, 0.717) is 16.3 Å². The Morgan fingerprint density at radius 2 is 1.48 bits per heavy atom. The van der Waals surface area contributed by atoms with E-state index in [0.717, 1.165) is 22.4 Å². The van der Waals surface area contributed by atoms with Crippen molar-refractivity contribution in [3.8, 4) is 33.8 Å². The van der Waals surface area contributed by atoms with Gasteiger partial charge in [-0.05, 0) is 35.4 Å². The largest absolute Gasteiger partial charge is 0.497 e. The zero-order valence-corrected chi connectivity index (χ0v) is 15.0. The van der Waals surface area contributed by atoms with Gasteiger partial charge in [-0.1, -0.05) is 35.9 Å². The summed E-state index contributed by atoms with van der Waals surface area (Å²) >= 11 is 5.99. The van der Waals surface area contributed by atoms with Gasteiger partial charge in [-0.15, -0.1) is 0 Å². The van der Waals surface area contributed by atoms with Crippen LogP contribution in [-0.2, 0) is 7.05 Å². The van der Waals surface area contributed by atoms with Crippen molar-refractivity contribution >= 4 is 11.6 Å². The molecule has 3 rings (SSSR count). The highest BCUT2D eigenvalue weighted by atomic mass is 35.5. The molecular weight excluding hydrogens is 338 g/mol. The van der Waals surface area contributed by atoms with E-state index >= 15 is 0 Å². The molecule has 0 bridgehead atoms. The third-order valence-electron chi connectivity index (χ3n) is 4.07. The van der Waals surface area contributed by atoms with Crippen LogP contribution in [0, 0.1) is 0 Å². The van der Waals surface area contributed by atoms with E-state index < -0.39 is 0 Å². The molecule has 25 heavy (non-hydrogen) atoms. The van der Waals surface area contributed by atoms with E-state index in [1.165, 1.54) is 0 Å².